The number of hydrogen-bond donors (Lipinski definition) is 1. The number of nitrogens with one attached hydrogen (secondary N) is 1. The van der Waals surface area contributed by atoms with Gasteiger partial charge in [-0.05, 0) is 88.2 Å². The number of anilines is 1. The molecule has 0 radical (unpaired) electrons. The molecule has 0 saturated heterocycles. The van der Waals surface area contributed by atoms with Crippen molar-refractivity contribution in [3.63, 3.8) is 0 Å². The minimum absolute atomic E-state index is 0.266. The molecule has 2 heterocycles. The summed E-state index contributed by atoms with van der Waals surface area (Å²) in [5.74, 6) is -1.10. The van der Waals surface area contributed by atoms with Gasteiger partial charge in [-0.25, -0.2) is 13.8 Å². The van der Waals surface area contributed by atoms with Gasteiger partial charge in [-0.15, -0.1) is 0 Å². The third kappa shape index (κ3) is 5.05. The van der Waals surface area contributed by atoms with Crippen molar-refractivity contribution in [3.05, 3.63) is 88.3 Å². The Kier molecular flexibility index (Phi) is 7.00. The number of amides is 1. The van der Waals surface area contributed by atoms with E-state index in [9.17, 15) is 14.0 Å². The van der Waals surface area contributed by atoms with Crippen LogP contribution in [-0.2, 0) is 16.0 Å². The lowest BCUT2D eigenvalue weighted by Crippen LogP contribution is -2.13. The minimum atomic E-state index is -0.484. The Morgan fingerprint density at radius 3 is 2.31 bits per heavy atom. The first-order chi connectivity index (χ1) is 17.2. The van der Waals surface area contributed by atoms with Gasteiger partial charge in [-0.3, -0.25) is 9.59 Å². The second-order valence-electron chi connectivity index (χ2n) is 8.64. The van der Waals surface area contributed by atoms with Gasteiger partial charge in [0.2, 0.25) is 0 Å². The number of aromatic nitrogens is 4. The monoisotopic (exact) mass is 489 g/mol. The van der Waals surface area contributed by atoms with Gasteiger partial charge < -0.3 is 10.1 Å². The molecule has 36 heavy (non-hydrogen) atoms. The van der Waals surface area contributed by atoms with E-state index >= 15 is 0 Å². The molecule has 186 valence electrons. The van der Waals surface area contributed by atoms with Crippen LogP contribution in [0.15, 0.2) is 48.5 Å². The molecular formula is C27H28FN5O3. The van der Waals surface area contributed by atoms with E-state index < -0.39 is 5.82 Å². The van der Waals surface area contributed by atoms with Crippen molar-refractivity contribution >= 4 is 17.6 Å². The zero-order valence-electron chi connectivity index (χ0n) is 20.9. The molecule has 0 spiro atoms. The minimum Gasteiger partial charge on any atom is -0.469 e. The predicted octanol–water partition coefficient (Wildman–Crippen LogP) is 4.79. The van der Waals surface area contributed by atoms with Crippen molar-refractivity contribution in [2.24, 2.45) is 0 Å². The second kappa shape index (κ2) is 10.2. The van der Waals surface area contributed by atoms with Crippen LogP contribution in [0.1, 0.15) is 45.1 Å². The molecule has 0 aliphatic heterocycles. The fourth-order valence-electron chi connectivity index (χ4n) is 4.20. The van der Waals surface area contributed by atoms with Crippen LogP contribution in [0.5, 0.6) is 0 Å². The third-order valence-corrected chi connectivity index (χ3v) is 6.07. The predicted molar refractivity (Wildman–Crippen MR) is 134 cm³/mol. The summed E-state index contributed by atoms with van der Waals surface area (Å²) in [6.45, 7) is 7.54. The maximum Gasteiger partial charge on any atom is 0.305 e. The smallest absolute Gasteiger partial charge is 0.305 e. The highest BCUT2D eigenvalue weighted by molar-refractivity contribution is 6.04. The molecule has 0 saturated carbocycles. The molecule has 0 aliphatic carbocycles. The molecule has 1 amide bonds. The molecule has 4 aromatic rings. The highest BCUT2D eigenvalue weighted by Crippen LogP contribution is 2.22. The van der Waals surface area contributed by atoms with Crippen LogP contribution in [0.25, 0.3) is 11.4 Å². The van der Waals surface area contributed by atoms with Gasteiger partial charge in [0.05, 0.1) is 24.2 Å². The topological polar surface area (TPSA) is 91.0 Å². The van der Waals surface area contributed by atoms with Crippen molar-refractivity contribution in [2.75, 3.05) is 12.4 Å². The lowest BCUT2D eigenvalue weighted by atomic mass is 10.1. The number of esters is 1. The lowest BCUT2D eigenvalue weighted by Gasteiger charge is -2.10. The third-order valence-electron chi connectivity index (χ3n) is 6.07. The Morgan fingerprint density at radius 2 is 1.69 bits per heavy atom. The first kappa shape index (κ1) is 24.8. The zero-order valence-corrected chi connectivity index (χ0v) is 20.9. The van der Waals surface area contributed by atoms with Gasteiger partial charge in [0.1, 0.15) is 5.69 Å². The summed E-state index contributed by atoms with van der Waals surface area (Å²) in [7, 11) is 1.37. The Bertz CT molecular complexity index is 1440. The van der Waals surface area contributed by atoms with Gasteiger partial charge in [-0.2, -0.15) is 10.2 Å². The van der Waals surface area contributed by atoms with Gasteiger partial charge in [0.25, 0.3) is 5.91 Å². The SMILES string of the molecule is COC(=O)CCc1c(C)nn(-c2ccc(C(=O)Nc3ccc(-n4nc(C)cc4C)c(F)c3)cc2)c1C. The van der Waals surface area contributed by atoms with Crippen LogP contribution in [0, 0.1) is 33.5 Å². The van der Waals surface area contributed by atoms with Gasteiger partial charge in [0, 0.05) is 29.1 Å². The molecule has 2 aromatic heterocycles. The first-order valence-electron chi connectivity index (χ1n) is 11.5. The van der Waals surface area contributed by atoms with Crippen LogP contribution >= 0.6 is 0 Å². The number of rotatable bonds is 7. The standard InChI is InChI=1S/C27H28FN5O3/c1-16-14-17(2)32(30-16)25-12-8-21(15-24(25)28)29-27(35)20-6-9-22(10-7-20)33-19(4)23(18(3)31-33)11-13-26(34)36-5/h6-10,12,14-15H,11,13H2,1-5H3,(H,29,35). The summed E-state index contributed by atoms with van der Waals surface area (Å²) >= 11 is 0. The number of aryl methyl sites for hydroxylation is 3. The zero-order chi connectivity index (χ0) is 26.0. The maximum absolute atomic E-state index is 14.8. The molecule has 0 atom stereocenters. The van der Waals surface area contributed by atoms with Crippen molar-refractivity contribution in [2.45, 2.75) is 40.5 Å². The number of hydrogen-bond acceptors (Lipinski definition) is 5. The van der Waals surface area contributed by atoms with E-state index in [0.717, 1.165) is 34.0 Å². The van der Waals surface area contributed by atoms with E-state index in [-0.39, 0.29) is 18.3 Å². The number of carbonyl (C=O) groups excluding carboxylic acids is 2. The quantitative estimate of drug-likeness (QED) is 0.377. The molecule has 0 unspecified atom stereocenters. The van der Waals surface area contributed by atoms with Crippen LogP contribution in [0.3, 0.4) is 0 Å². The number of nitrogens with zero attached hydrogens (tertiary/aromatic N) is 4. The summed E-state index contributed by atoms with van der Waals surface area (Å²) in [6, 6.07) is 13.4. The van der Waals surface area contributed by atoms with Crippen LogP contribution in [-0.4, -0.2) is 38.5 Å². The average Bonchev–Trinajstić information content (AvgIpc) is 3.34. The highest BCUT2D eigenvalue weighted by Gasteiger charge is 2.16. The average molecular weight is 490 g/mol. The molecule has 0 bridgehead atoms. The van der Waals surface area contributed by atoms with Crippen molar-refractivity contribution in [3.8, 4) is 11.4 Å². The Hall–Kier alpha value is -4.27. The van der Waals surface area contributed by atoms with Gasteiger partial charge in [0.15, 0.2) is 5.82 Å². The van der Waals surface area contributed by atoms with E-state index in [1.54, 1.807) is 41.1 Å². The van der Waals surface area contributed by atoms with Crippen molar-refractivity contribution in [1.29, 1.82) is 0 Å². The largest absolute Gasteiger partial charge is 0.469 e. The van der Waals surface area contributed by atoms with E-state index in [0.29, 0.717) is 23.4 Å². The number of methoxy groups -OCH3 is 1. The van der Waals surface area contributed by atoms with E-state index in [2.05, 4.69) is 15.5 Å². The Morgan fingerprint density at radius 1 is 0.972 bits per heavy atom. The molecule has 9 heteroatoms. The Balaban J connectivity index is 1.48. The summed E-state index contributed by atoms with van der Waals surface area (Å²) < 4.78 is 22.8. The fraction of sp³-hybridized carbons (Fsp3) is 0.259. The lowest BCUT2D eigenvalue weighted by molar-refractivity contribution is -0.140. The molecule has 8 nitrogen and oxygen atoms in total. The van der Waals surface area contributed by atoms with E-state index in [1.165, 1.54) is 17.9 Å². The molecule has 1 N–H and O–H groups in total. The normalized spacial score (nSPS) is 10.9. The van der Waals surface area contributed by atoms with Crippen LogP contribution in [0.2, 0.25) is 0 Å². The number of carbonyl (C=O) groups is 2. The van der Waals surface area contributed by atoms with Crippen LogP contribution < -0.4 is 5.32 Å². The molecule has 0 fully saturated rings. The first-order valence-corrected chi connectivity index (χ1v) is 11.5. The molecular weight excluding hydrogens is 461 g/mol. The van der Waals surface area contributed by atoms with Crippen molar-refractivity contribution < 1.29 is 18.7 Å². The number of halogens is 1. The number of benzene rings is 2. The highest BCUT2D eigenvalue weighted by atomic mass is 19.1. The van der Waals surface area contributed by atoms with E-state index in [1.807, 2.05) is 33.8 Å². The summed E-state index contributed by atoms with van der Waals surface area (Å²) in [6.07, 6.45) is 0.825. The summed E-state index contributed by atoms with van der Waals surface area (Å²) in [5, 5.41) is 11.6. The van der Waals surface area contributed by atoms with Gasteiger partial charge in [-0.1, -0.05) is 0 Å². The maximum atomic E-state index is 14.8. The summed E-state index contributed by atoms with van der Waals surface area (Å²) in [5.41, 5.74) is 6.25. The van der Waals surface area contributed by atoms with Gasteiger partial charge >= 0.3 is 5.97 Å². The molecule has 4 rings (SSSR count). The fourth-order valence-corrected chi connectivity index (χ4v) is 4.20. The van der Waals surface area contributed by atoms with Crippen molar-refractivity contribution in [1.82, 2.24) is 19.6 Å². The van der Waals surface area contributed by atoms with E-state index in [4.69, 9.17) is 4.74 Å². The Labute approximate surface area is 208 Å². The second-order valence-corrected chi connectivity index (χ2v) is 8.64. The molecule has 2 aromatic carbocycles. The van der Waals surface area contributed by atoms with Crippen LogP contribution in [0.4, 0.5) is 10.1 Å². The number of ether oxygens (including phenoxy) is 1. The summed E-state index contributed by atoms with van der Waals surface area (Å²) in [4.78, 5) is 24.3. The molecule has 0 aliphatic rings.